The minimum atomic E-state index is -4.00. The van der Waals surface area contributed by atoms with Crippen molar-refractivity contribution in [1.82, 2.24) is 14.8 Å². The van der Waals surface area contributed by atoms with E-state index in [2.05, 4.69) is 19.5 Å². The Balaban J connectivity index is 2.38. The topological polar surface area (TPSA) is 103 Å². The number of nitrogens with one attached hydrogen (secondary N) is 1. The fourth-order valence-electron chi connectivity index (χ4n) is 1.76. The average Bonchev–Trinajstić information content (AvgIpc) is 3.04. The van der Waals surface area contributed by atoms with E-state index in [-0.39, 0.29) is 21.6 Å². The number of carbonyl (C=O) groups is 1. The van der Waals surface area contributed by atoms with Crippen LogP contribution in [-0.2, 0) is 21.8 Å². The van der Waals surface area contributed by atoms with Gasteiger partial charge in [-0.05, 0) is 5.92 Å². The Kier molecular flexibility index (Phi) is 4.52. The molecule has 120 valence electrons. The third kappa shape index (κ3) is 3.12. The number of carbonyl (C=O) groups excluding carboxylic acids is 1. The van der Waals surface area contributed by atoms with Crippen LogP contribution in [0.25, 0.3) is 0 Å². The van der Waals surface area contributed by atoms with E-state index in [1.165, 1.54) is 25.5 Å². The van der Waals surface area contributed by atoms with Crippen LogP contribution in [0.2, 0.25) is 0 Å². The van der Waals surface area contributed by atoms with Gasteiger partial charge in [-0.1, -0.05) is 13.8 Å². The first-order valence-electron chi connectivity index (χ1n) is 6.35. The van der Waals surface area contributed by atoms with Gasteiger partial charge in [0.15, 0.2) is 10.2 Å². The van der Waals surface area contributed by atoms with Crippen molar-refractivity contribution in [1.29, 1.82) is 0 Å². The number of esters is 1. The maximum absolute atomic E-state index is 12.5. The van der Waals surface area contributed by atoms with Crippen LogP contribution in [0.5, 0.6) is 0 Å². The van der Waals surface area contributed by atoms with Gasteiger partial charge in [-0.3, -0.25) is 9.40 Å². The zero-order valence-electron chi connectivity index (χ0n) is 12.5. The molecule has 0 unspecified atom stereocenters. The van der Waals surface area contributed by atoms with Gasteiger partial charge < -0.3 is 4.74 Å². The highest BCUT2D eigenvalue weighted by Crippen LogP contribution is 2.27. The van der Waals surface area contributed by atoms with Crippen LogP contribution in [0.3, 0.4) is 0 Å². The number of aromatic nitrogens is 3. The van der Waals surface area contributed by atoms with Crippen molar-refractivity contribution in [2.45, 2.75) is 24.8 Å². The minimum absolute atomic E-state index is 0.127. The molecule has 0 saturated carbocycles. The molecule has 2 aromatic rings. The molecule has 1 N–H and O–H groups in total. The van der Waals surface area contributed by atoms with Crippen molar-refractivity contribution in [3.63, 3.8) is 0 Å². The first-order chi connectivity index (χ1) is 10.3. The fourth-order valence-corrected chi connectivity index (χ4v) is 4.12. The molecule has 0 bridgehead atoms. The van der Waals surface area contributed by atoms with Gasteiger partial charge >= 0.3 is 5.97 Å². The van der Waals surface area contributed by atoms with Crippen molar-refractivity contribution in [2.24, 2.45) is 7.05 Å². The highest BCUT2D eigenvalue weighted by molar-refractivity contribution is 7.93. The van der Waals surface area contributed by atoms with E-state index in [9.17, 15) is 13.2 Å². The molecule has 0 saturated heterocycles. The average molecular weight is 344 g/mol. The molecule has 0 aromatic carbocycles. The van der Waals surface area contributed by atoms with Crippen LogP contribution in [0.15, 0.2) is 17.4 Å². The molecule has 2 heterocycles. The molecule has 0 amide bonds. The van der Waals surface area contributed by atoms with Crippen molar-refractivity contribution in [3.8, 4) is 0 Å². The molecule has 0 fully saturated rings. The number of nitrogens with zero attached hydrogens (tertiary/aromatic N) is 3. The fraction of sp³-hybridized carbons (Fsp3) is 0.417. The van der Waals surface area contributed by atoms with Gasteiger partial charge in [0.2, 0.25) is 0 Å². The molecule has 0 spiro atoms. The van der Waals surface area contributed by atoms with E-state index in [1.54, 1.807) is 6.20 Å². The van der Waals surface area contributed by atoms with Gasteiger partial charge in [-0.2, -0.15) is 13.5 Å². The monoisotopic (exact) mass is 344 g/mol. The molecule has 8 nitrogen and oxygen atoms in total. The molecular formula is C12H16N4O4S2. The Morgan fingerprint density at radius 3 is 2.64 bits per heavy atom. The number of aryl methyl sites for hydroxylation is 1. The molecular weight excluding hydrogens is 328 g/mol. The van der Waals surface area contributed by atoms with Crippen LogP contribution < -0.4 is 4.72 Å². The van der Waals surface area contributed by atoms with E-state index in [1.807, 2.05) is 13.8 Å². The maximum atomic E-state index is 12.5. The molecule has 22 heavy (non-hydrogen) atoms. The second kappa shape index (κ2) is 6.05. The summed E-state index contributed by atoms with van der Waals surface area (Å²) in [5.41, 5.74) is -0.127. The molecule has 0 atom stereocenters. The van der Waals surface area contributed by atoms with E-state index in [4.69, 9.17) is 0 Å². The number of rotatable bonds is 5. The number of ether oxygens (including phenoxy) is 1. The summed E-state index contributed by atoms with van der Waals surface area (Å²) in [5, 5.41) is 3.78. The normalized spacial score (nSPS) is 11.7. The summed E-state index contributed by atoms with van der Waals surface area (Å²) in [5.74, 6) is -0.520. The predicted molar refractivity (Wildman–Crippen MR) is 81.6 cm³/mol. The van der Waals surface area contributed by atoms with Gasteiger partial charge in [0.1, 0.15) is 5.56 Å². The number of hydrogen-bond acceptors (Lipinski definition) is 7. The van der Waals surface area contributed by atoms with Gasteiger partial charge in [-0.15, -0.1) is 11.3 Å². The van der Waals surface area contributed by atoms with Crippen LogP contribution in [-0.4, -0.2) is 36.3 Å². The number of sulfonamides is 1. The lowest BCUT2D eigenvalue weighted by Crippen LogP contribution is -2.19. The molecule has 0 aliphatic rings. The van der Waals surface area contributed by atoms with Crippen LogP contribution in [0, 0.1) is 0 Å². The highest BCUT2D eigenvalue weighted by atomic mass is 32.2. The predicted octanol–water partition coefficient (Wildman–Crippen LogP) is 1.59. The summed E-state index contributed by atoms with van der Waals surface area (Å²) in [6, 6.07) is 0. The number of thiazole rings is 1. The number of hydrogen-bond donors (Lipinski definition) is 1. The van der Waals surface area contributed by atoms with Crippen LogP contribution in [0.1, 0.15) is 35.0 Å². The largest absolute Gasteiger partial charge is 0.465 e. The zero-order chi connectivity index (χ0) is 16.5. The maximum Gasteiger partial charge on any atom is 0.342 e. The molecule has 2 rings (SSSR count). The molecule has 0 aliphatic heterocycles. The summed E-state index contributed by atoms with van der Waals surface area (Å²) >= 11 is 1.24. The first kappa shape index (κ1) is 16.4. The molecule has 10 heteroatoms. The second-order valence-corrected chi connectivity index (χ2v) is 7.47. The van der Waals surface area contributed by atoms with E-state index in [0.29, 0.717) is 0 Å². The lowest BCUT2D eigenvalue weighted by Gasteiger charge is -2.07. The van der Waals surface area contributed by atoms with Crippen molar-refractivity contribution in [3.05, 3.63) is 22.8 Å². The molecule has 0 aliphatic carbocycles. The summed E-state index contributed by atoms with van der Waals surface area (Å²) in [6.45, 7) is 3.98. The first-order valence-corrected chi connectivity index (χ1v) is 8.65. The van der Waals surface area contributed by atoms with Crippen molar-refractivity contribution in [2.75, 3.05) is 11.8 Å². The van der Waals surface area contributed by atoms with Crippen molar-refractivity contribution < 1.29 is 17.9 Å². The quantitative estimate of drug-likeness (QED) is 0.826. The number of methoxy groups -OCH3 is 1. The minimum Gasteiger partial charge on any atom is -0.465 e. The Hall–Kier alpha value is -1.94. The molecule has 2 aromatic heterocycles. The number of anilines is 1. The summed E-state index contributed by atoms with van der Waals surface area (Å²) in [7, 11) is -1.39. The van der Waals surface area contributed by atoms with Crippen LogP contribution >= 0.6 is 11.3 Å². The van der Waals surface area contributed by atoms with Gasteiger partial charge in [0, 0.05) is 18.1 Å². The van der Waals surface area contributed by atoms with E-state index in [0.717, 1.165) is 15.8 Å². The summed E-state index contributed by atoms with van der Waals surface area (Å²) in [6.07, 6.45) is 2.78. The molecule has 0 radical (unpaired) electrons. The van der Waals surface area contributed by atoms with Gasteiger partial charge in [0.25, 0.3) is 10.0 Å². The second-order valence-electron chi connectivity index (χ2n) is 4.81. The van der Waals surface area contributed by atoms with Gasteiger partial charge in [-0.25, -0.2) is 9.78 Å². The zero-order valence-corrected chi connectivity index (χ0v) is 14.2. The Morgan fingerprint density at radius 2 is 2.09 bits per heavy atom. The Bertz CT molecular complexity index is 792. The van der Waals surface area contributed by atoms with Crippen LogP contribution in [0.4, 0.5) is 5.13 Å². The lowest BCUT2D eigenvalue weighted by atomic mass is 10.2. The summed E-state index contributed by atoms with van der Waals surface area (Å²) in [4.78, 5) is 16.7. The smallest absolute Gasteiger partial charge is 0.342 e. The van der Waals surface area contributed by atoms with Gasteiger partial charge in [0.05, 0.1) is 13.3 Å². The standard InChI is InChI=1S/C12H16N4O4S2/c1-7(2)9-6-13-12(21-9)15-22(18,19)10-8(11(17)20-4)5-14-16(10)3/h5-7H,1-4H3,(H,13,15). The highest BCUT2D eigenvalue weighted by Gasteiger charge is 2.28. The third-order valence-corrected chi connectivity index (χ3v) is 5.66. The summed E-state index contributed by atoms with van der Waals surface area (Å²) < 4.78 is 33.0. The third-order valence-electron chi connectivity index (χ3n) is 2.86. The van der Waals surface area contributed by atoms with E-state index < -0.39 is 16.0 Å². The SMILES string of the molecule is COC(=O)c1cnn(C)c1S(=O)(=O)Nc1ncc(C(C)C)s1. The van der Waals surface area contributed by atoms with Crippen molar-refractivity contribution >= 4 is 32.5 Å². The Labute approximate surface area is 132 Å². The Morgan fingerprint density at radius 1 is 1.41 bits per heavy atom. The lowest BCUT2D eigenvalue weighted by molar-refractivity contribution is 0.0596. The van der Waals surface area contributed by atoms with E-state index >= 15 is 0 Å².